The van der Waals surface area contributed by atoms with Crippen LogP contribution in [0.1, 0.15) is 76.5 Å². The van der Waals surface area contributed by atoms with Gasteiger partial charge in [-0.25, -0.2) is 9.59 Å². The Bertz CT molecular complexity index is 3310. The lowest BCUT2D eigenvalue weighted by atomic mass is 9.99. The SMILES string of the molecule is CSCC[C@@H]1NC(=O)CNC(=O)[C@H](C(C)C)NC(=O)[C@H](CC(N)=O)NC(=O)[C@H](CCC(=O)O)NC(=O)[C@H](Cc2ccc(O)cc2)NC(=O)[C@H](CC(C)C)NC(=O)[C@H](Cc2ccc(OC(C(=O)O)C(=O)O)cc2)NC(=O)CSC[C@@H](C(N)=O)NC(=O)[C@H](Cc2ccc(O)cc2)NC1=O. The standard InChI is InChI=1S/C62H82N12O21S2/c1-30(2)22-40-55(85)71-42(24-32-6-12-35(75)13-7-32)57(87)68-38(18-19-49(80)81)53(83)72-44(26-46(63)77)59(89)74-50(31(3)4)60(90)65-27-47(78)66-39(20-21-96-5)54(84)70-43(25-33-8-14-36(76)15-9-33)58(88)73-45(52(64)82)28-97-29-48(79)67-41(56(86)69-40)23-34-10-16-37(17-11-34)95-51(61(91)92)62(93)94/h6-17,30-31,38-45,50-51,75-76H,18-29H2,1-5H3,(H2,63,77)(H2,64,82)(H,65,90)(H,66,78)(H,67,79)(H,68,87)(H,69,86)(H,70,84)(H,71,85)(H,72,83)(H,73,88)(H,74,89)(H,80,81)(H,91,92)(H,93,94)/t38-,39-,40-,41-,42-,43-,44-,45-,50-/m0/s1. The number of carboxylic acid groups (broad SMARTS) is 3. The molecule has 33 nitrogen and oxygen atoms in total. The molecule has 9 atom stereocenters. The van der Waals surface area contributed by atoms with Crippen molar-refractivity contribution in [2.75, 3.05) is 30.1 Å². The number of nitrogens with one attached hydrogen (secondary N) is 10. The van der Waals surface area contributed by atoms with E-state index in [0.29, 0.717) is 11.1 Å². The molecule has 0 aromatic heterocycles. The zero-order valence-electron chi connectivity index (χ0n) is 53.6. The molecule has 0 unspecified atom stereocenters. The van der Waals surface area contributed by atoms with Gasteiger partial charge in [0, 0.05) is 31.4 Å². The molecule has 0 radical (unpaired) electrons. The molecular weight excluding hydrogens is 1310 g/mol. The number of aliphatic carboxylic acids is 3. The molecule has 528 valence electrons. The number of amides is 12. The van der Waals surface area contributed by atoms with Gasteiger partial charge in [0.05, 0.1) is 18.7 Å². The molecule has 97 heavy (non-hydrogen) atoms. The van der Waals surface area contributed by atoms with E-state index in [0.717, 1.165) is 11.8 Å². The van der Waals surface area contributed by atoms with Crippen molar-refractivity contribution < 1.29 is 102 Å². The lowest BCUT2D eigenvalue weighted by Gasteiger charge is -2.28. The van der Waals surface area contributed by atoms with Gasteiger partial charge >= 0.3 is 17.9 Å². The molecule has 0 spiro atoms. The summed E-state index contributed by atoms with van der Waals surface area (Å²) >= 11 is 2.04. The number of carboxylic acids is 3. The highest BCUT2D eigenvalue weighted by atomic mass is 32.2. The van der Waals surface area contributed by atoms with Crippen molar-refractivity contribution in [3.63, 3.8) is 0 Å². The number of ether oxygens (including phenoxy) is 1. The topological polar surface area (TPSA) is 539 Å². The Balaban J connectivity index is 1.86. The normalized spacial score (nSPS) is 22.2. The Hall–Kier alpha value is -10.2. The van der Waals surface area contributed by atoms with E-state index in [1.165, 1.54) is 98.4 Å². The second kappa shape index (κ2) is 39.0. The molecule has 1 saturated heterocycles. The Labute approximate surface area is 565 Å². The number of carbonyl (C=O) groups is 15. The van der Waals surface area contributed by atoms with Crippen molar-refractivity contribution >= 4 is 112 Å². The molecule has 19 N–H and O–H groups in total. The van der Waals surface area contributed by atoms with Crippen LogP contribution in [0.2, 0.25) is 0 Å². The minimum atomic E-state index is -2.31. The molecule has 0 aliphatic carbocycles. The molecular formula is C62H82N12O21S2. The van der Waals surface area contributed by atoms with Gasteiger partial charge in [-0.3, -0.25) is 62.3 Å². The Morgan fingerprint density at radius 1 is 0.536 bits per heavy atom. The van der Waals surface area contributed by atoms with Gasteiger partial charge in [0.15, 0.2) is 0 Å². The number of aromatic hydroxyl groups is 2. The van der Waals surface area contributed by atoms with Crippen LogP contribution < -0.4 is 69.4 Å². The third-order valence-electron chi connectivity index (χ3n) is 14.5. The summed E-state index contributed by atoms with van der Waals surface area (Å²) in [5.74, 6) is -20.0. The molecule has 0 saturated carbocycles. The number of rotatable bonds is 22. The second-order valence-corrected chi connectivity index (χ2v) is 25.3. The van der Waals surface area contributed by atoms with Crippen molar-refractivity contribution in [3.8, 4) is 17.2 Å². The van der Waals surface area contributed by atoms with Gasteiger partial charge in [0.2, 0.25) is 70.9 Å². The number of thioether (sulfide) groups is 2. The molecule has 1 heterocycles. The summed E-state index contributed by atoms with van der Waals surface area (Å²) in [5.41, 5.74) is 12.2. The van der Waals surface area contributed by atoms with E-state index < -0.39 is 211 Å². The third-order valence-corrected chi connectivity index (χ3v) is 16.2. The van der Waals surface area contributed by atoms with E-state index in [1.807, 2.05) is 0 Å². The highest BCUT2D eigenvalue weighted by Gasteiger charge is 2.37. The van der Waals surface area contributed by atoms with Crippen LogP contribution in [0.3, 0.4) is 0 Å². The second-order valence-electron chi connectivity index (χ2n) is 23.3. The number of primary amides is 2. The predicted molar refractivity (Wildman–Crippen MR) is 348 cm³/mol. The zero-order valence-corrected chi connectivity index (χ0v) is 55.2. The average Bonchev–Trinajstić information content (AvgIpc) is 1.17. The monoisotopic (exact) mass is 1390 g/mol. The lowest BCUT2D eigenvalue weighted by molar-refractivity contribution is -0.159. The minimum Gasteiger partial charge on any atom is -0.508 e. The van der Waals surface area contributed by atoms with Crippen LogP contribution in [0.15, 0.2) is 72.8 Å². The van der Waals surface area contributed by atoms with Crippen molar-refractivity contribution in [1.82, 2.24) is 53.2 Å². The summed E-state index contributed by atoms with van der Waals surface area (Å²) in [6.07, 6.45) is -4.23. The first kappa shape index (κ1) is 79.2. The number of phenolic OH excluding ortho intramolecular Hbond substituents is 2. The summed E-state index contributed by atoms with van der Waals surface area (Å²) in [7, 11) is 0. The quantitative estimate of drug-likeness (QED) is 0.0444. The van der Waals surface area contributed by atoms with Gasteiger partial charge in [-0.2, -0.15) is 11.8 Å². The van der Waals surface area contributed by atoms with Crippen molar-refractivity contribution in [2.24, 2.45) is 23.3 Å². The maximum absolute atomic E-state index is 14.7. The molecule has 35 heteroatoms. The van der Waals surface area contributed by atoms with Crippen LogP contribution in [0.4, 0.5) is 0 Å². The largest absolute Gasteiger partial charge is 0.508 e. The predicted octanol–water partition coefficient (Wildman–Crippen LogP) is -3.05. The summed E-state index contributed by atoms with van der Waals surface area (Å²) in [6, 6.07) is 1.24. The average molecular weight is 1400 g/mol. The Morgan fingerprint density at radius 2 is 0.959 bits per heavy atom. The summed E-state index contributed by atoms with van der Waals surface area (Å²) in [5, 5.41) is 73.4. The van der Waals surface area contributed by atoms with E-state index in [9.17, 15) is 97.5 Å². The van der Waals surface area contributed by atoms with Gasteiger partial charge in [0.25, 0.3) is 6.10 Å². The van der Waals surface area contributed by atoms with Crippen molar-refractivity contribution in [1.29, 1.82) is 0 Å². The minimum absolute atomic E-state index is 0.0391. The van der Waals surface area contributed by atoms with E-state index in [4.69, 9.17) is 16.2 Å². The molecule has 12 amide bonds. The zero-order chi connectivity index (χ0) is 72.2. The highest BCUT2D eigenvalue weighted by Crippen LogP contribution is 2.19. The summed E-state index contributed by atoms with van der Waals surface area (Å²) in [4.78, 5) is 203. The van der Waals surface area contributed by atoms with E-state index in [2.05, 4.69) is 53.2 Å². The summed E-state index contributed by atoms with van der Waals surface area (Å²) < 4.78 is 5.11. The van der Waals surface area contributed by atoms with Gasteiger partial charge in [0.1, 0.15) is 71.6 Å². The fraction of sp³-hybridized carbons (Fsp3) is 0.468. The molecule has 1 fully saturated rings. The number of benzene rings is 3. The highest BCUT2D eigenvalue weighted by molar-refractivity contribution is 8.00. The molecule has 1 aliphatic heterocycles. The smallest absolute Gasteiger partial charge is 0.356 e. The first-order valence-electron chi connectivity index (χ1n) is 30.4. The number of hydrogen-bond acceptors (Lipinski definition) is 20. The van der Waals surface area contributed by atoms with Crippen LogP contribution in [-0.2, 0) is 91.2 Å². The van der Waals surface area contributed by atoms with Crippen LogP contribution >= 0.6 is 23.5 Å². The fourth-order valence-electron chi connectivity index (χ4n) is 9.45. The first-order chi connectivity index (χ1) is 45.7. The first-order valence-corrected chi connectivity index (χ1v) is 32.9. The van der Waals surface area contributed by atoms with Crippen LogP contribution in [0.25, 0.3) is 0 Å². The molecule has 4 rings (SSSR count). The summed E-state index contributed by atoms with van der Waals surface area (Å²) in [6.45, 7) is 5.54. The van der Waals surface area contributed by atoms with Crippen LogP contribution in [-0.4, -0.2) is 205 Å². The van der Waals surface area contributed by atoms with E-state index in [-0.39, 0.29) is 47.8 Å². The molecule has 0 bridgehead atoms. The maximum Gasteiger partial charge on any atom is 0.356 e. The Kier molecular flexibility index (Phi) is 31.9. The third kappa shape index (κ3) is 27.6. The van der Waals surface area contributed by atoms with E-state index in [1.54, 1.807) is 20.1 Å². The molecule has 1 aliphatic rings. The number of carbonyl (C=O) groups excluding carboxylic acids is 12. The van der Waals surface area contributed by atoms with E-state index >= 15 is 0 Å². The molecule has 3 aromatic carbocycles. The van der Waals surface area contributed by atoms with Crippen molar-refractivity contribution in [2.45, 2.75) is 140 Å². The number of nitrogens with two attached hydrogens (primary N) is 2. The fourth-order valence-corrected chi connectivity index (χ4v) is 10.8. The molecule has 3 aromatic rings. The van der Waals surface area contributed by atoms with Crippen molar-refractivity contribution in [3.05, 3.63) is 89.5 Å². The number of hydrogen-bond donors (Lipinski definition) is 17. The van der Waals surface area contributed by atoms with Crippen LogP contribution in [0.5, 0.6) is 17.2 Å². The maximum atomic E-state index is 14.7. The van der Waals surface area contributed by atoms with Gasteiger partial charge in [-0.1, -0.05) is 64.1 Å². The lowest BCUT2D eigenvalue weighted by Crippen LogP contribution is -2.61. The van der Waals surface area contributed by atoms with Crippen LogP contribution in [0, 0.1) is 11.8 Å². The Morgan fingerprint density at radius 3 is 1.42 bits per heavy atom. The van der Waals surface area contributed by atoms with Gasteiger partial charge < -0.3 is 94.9 Å². The van der Waals surface area contributed by atoms with Gasteiger partial charge in [-0.05, 0) is 96.2 Å². The number of phenols is 2. The van der Waals surface area contributed by atoms with Gasteiger partial charge in [-0.15, -0.1) is 11.8 Å².